The van der Waals surface area contributed by atoms with Crippen molar-refractivity contribution in [2.24, 2.45) is 5.11 Å². The van der Waals surface area contributed by atoms with Crippen molar-refractivity contribution in [3.63, 3.8) is 0 Å². The number of benzene rings is 1. The van der Waals surface area contributed by atoms with E-state index in [1.165, 1.54) is 28.0 Å². The van der Waals surface area contributed by atoms with Crippen molar-refractivity contribution in [1.82, 2.24) is 14.8 Å². The molecule has 9 nitrogen and oxygen atoms in total. The van der Waals surface area contributed by atoms with Gasteiger partial charge in [-0.15, -0.1) is 0 Å². The van der Waals surface area contributed by atoms with Crippen LogP contribution in [-0.2, 0) is 4.74 Å². The zero-order valence-electron chi connectivity index (χ0n) is 12.1. The topological polar surface area (TPSA) is 109 Å². The molecule has 0 radical (unpaired) electrons. The molecule has 1 atom stereocenters. The molecule has 1 saturated heterocycles. The summed E-state index contributed by atoms with van der Waals surface area (Å²) in [4.78, 5) is 19.7. The zero-order chi connectivity index (χ0) is 16.4. The molecule has 1 fully saturated rings. The van der Waals surface area contributed by atoms with Crippen molar-refractivity contribution < 1.29 is 13.9 Å². The summed E-state index contributed by atoms with van der Waals surface area (Å²) in [5.41, 5.74) is 8.88. The van der Waals surface area contributed by atoms with Crippen LogP contribution in [0.4, 0.5) is 14.9 Å². The number of aryl methyl sites for hydroxylation is 1. The summed E-state index contributed by atoms with van der Waals surface area (Å²) >= 11 is 0. The highest BCUT2D eigenvalue weighted by atomic mass is 19.1. The smallest absolute Gasteiger partial charge is 0.414 e. The molecule has 0 aliphatic carbocycles. The van der Waals surface area contributed by atoms with Gasteiger partial charge in [-0.05, 0) is 30.7 Å². The Morgan fingerprint density at radius 2 is 2.39 bits per heavy atom. The average Bonchev–Trinajstić information content (AvgIpc) is 3.11. The Morgan fingerprint density at radius 3 is 3.04 bits per heavy atom. The van der Waals surface area contributed by atoms with Gasteiger partial charge in [-0.1, -0.05) is 5.11 Å². The lowest BCUT2D eigenvalue weighted by molar-refractivity contribution is 0.145. The summed E-state index contributed by atoms with van der Waals surface area (Å²) in [6.07, 6.45) is 0.263. The Bertz CT molecular complexity index is 799. The molecule has 0 bridgehead atoms. The molecule has 118 valence electrons. The number of aromatic nitrogens is 3. The maximum Gasteiger partial charge on any atom is 0.414 e. The van der Waals surface area contributed by atoms with Crippen molar-refractivity contribution in [3.05, 3.63) is 46.6 Å². The van der Waals surface area contributed by atoms with Crippen LogP contribution in [0.15, 0.2) is 29.6 Å². The normalized spacial score (nSPS) is 17.0. The predicted octanol–water partition coefficient (Wildman–Crippen LogP) is 2.35. The summed E-state index contributed by atoms with van der Waals surface area (Å²) < 4.78 is 20.7. The number of cyclic esters (lactones) is 1. The van der Waals surface area contributed by atoms with Crippen LogP contribution in [0.25, 0.3) is 16.1 Å². The van der Waals surface area contributed by atoms with Crippen LogP contribution in [-0.4, -0.2) is 40.1 Å². The Morgan fingerprint density at radius 1 is 1.57 bits per heavy atom. The van der Waals surface area contributed by atoms with E-state index < -0.39 is 18.0 Å². The van der Waals surface area contributed by atoms with E-state index in [4.69, 9.17) is 10.3 Å². The molecule has 0 N–H and O–H groups in total. The second-order valence-electron chi connectivity index (χ2n) is 4.90. The molecule has 0 saturated carbocycles. The van der Waals surface area contributed by atoms with Gasteiger partial charge in [-0.2, -0.15) is 5.10 Å². The maximum atomic E-state index is 14.3. The first-order valence-electron chi connectivity index (χ1n) is 6.75. The van der Waals surface area contributed by atoms with E-state index in [2.05, 4.69) is 20.1 Å². The summed E-state index contributed by atoms with van der Waals surface area (Å²) in [5, 5.41) is 7.42. The SMILES string of the molecule is Cc1ncn(-c2ccc(N3C[C@H](CN=[N+]=[N-])OC3=O)cc2F)n1. The minimum atomic E-state index is -0.605. The number of carbonyl (C=O) groups is 1. The summed E-state index contributed by atoms with van der Waals surface area (Å²) in [5.74, 6) is -0.0174. The zero-order valence-corrected chi connectivity index (χ0v) is 12.1. The van der Waals surface area contributed by atoms with Gasteiger partial charge >= 0.3 is 6.09 Å². The van der Waals surface area contributed by atoms with E-state index >= 15 is 0 Å². The maximum absolute atomic E-state index is 14.3. The number of carbonyl (C=O) groups excluding carboxylic acids is 1. The number of anilines is 1. The molecule has 23 heavy (non-hydrogen) atoms. The Kier molecular flexibility index (Phi) is 3.82. The molecule has 1 aromatic heterocycles. The van der Waals surface area contributed by atoms with Gasteiger partial charge < -0.3 is 4.74 Å². The number of ether oxygens (including phenoxy) is 1. The van der Waals surface area contributed by atoms with E-state index in [0.29, 0.717) is 11.5 Å². The first-order valence-corrected chi connectivity index (χ1v) is 6.75. The average molecular weight is 317 g/mol. The minimum Gasteiger partial charge on any atom is -0.444 e. The quantitative estimate of drug-likeness (QED) is 0.489. The fourth-order valence-corrected chi connectivity index (χ4v) is 2.27. The standard InChI is InChI=1S/C13H12FN7O2/c1-8-16-7-21(18-8)12-3-2-9(4-11(12)14)20-6-10(5-17-19-15)23-13(20)22/h2-4,7,10H,5-6H2,1H3/t10-/m0/s1. The number of azide groups is 1. The number of halogens is 1. The highest BCUT2D eigenvalue weighted by Crippen LogP contribution is 2.25. The van der Waals surface area contributed by atoms with Gasteiger partial charge in [-0.25, -0.2) is 18.9 Å². The lowest BCUT2D eigenvalue weighted by Crippen LogP contribution is -2.25. The van der Waals surface area contributed by atoms with Crippen LogP contribution >= 0.6 is 0 Å². The van der Waals surface area contributed by atoms with Gasteiger partial charge in [0.05, 0.1) is 18.8 Å². The van der Waals surface area contributed by atoms with E-state index in [0.717, 1.165) is 0 Å². The molecule has 1 aliphatic heterocycles. The second-order valence-corrected chi connectivity index (χ2v) is 4.90. The first kappa shape index (κ1) is 14.8. The van der Waals surface area contributed by atoms with Crippen LogP contribution in [0.1, 0.15) is 5.82 Å². The third-order valence-electron chi connectivity index (χ3n) is 3.32. The molecule has 1 amide bonds. The summed E-state index contributed by atoms with van der Waals surface area (Å²) in [6.45, 7) is 1.93. The fourth-order valence-electron chi connectivity index (χ4n) is 2.27. The molecule has 1 aromatic carbocycles. The van der Waals surface area contributed by atoms with E-state index in [1.807, 2.05) is 0 Å². The van der Waals surface area contributed by atoms with Crippen molar-refractivity contribution in [2.45, 2.75) is 13.0 Å². The van der Waals surface area contributed by atoms with Crippen molar-refractivity contribution in [1.29, 1.82) is 0 Å². The molecule has 3 rings (SSSR count). The molecular formula is C13H12FN7O2. The number of hydrogen-bond acceptors (Lipinski definition) is 5. The molecule has 2 aromatic rings. The monoisotopic (exact) mass is 317 g/mol. The largest absolute Gasteiger partial charge is 0.444 e. The second kappa shape index (κ2) is 5.93. The Labute approximate surface area is 129 Å². The molecule has 0 unspecified atom stereocenters. The third kappa shape index (κ3) is 2.92. The van der Waals surface area contributed by atoms with E-state index in [1.54, 1.807) is 13.0 Å². The third-order valence-corrected chi connectivity index (χ3v) is 3.32. The number of hydrogen-bond donors (Lipinski definition) is 0. The first-order chi connectivity index (χ1) is 11.1. The Hall–Kier alpha value is -3.13. The minimum absolute atomic E-state index is 0.0392. The van der Waals surface area contributed by atoms with E-state index in [-0.39, 0.29) is 18.8 Å². The lowest BCUT2D eigenvalue weighted by Gasteiger charge is -2.14. The van der Waals surface area contributed by atoms with E-state index in [9.17, 15) is 9.18 Å². The molecule has 2 heterocycles. The van der Waals surface area contributed by atoms with Gasteiger partial charge in [-0.3, -0.25) is 4.90 Å². The van der Waals surface area contributed by atoms with Crippen LogP contribution in [0.2, 0.25) is 0 Å². The Balaban J connectivity index is 1.83. The van der Waals surface area contributed by atoms with Crippen LogP contribution in [0.3, 0.4) is 0 Å². The van der Waals surface area contributed by atoms with Gasteiger partial charge in [0.1, 0.15) is 23.9 Å². The van der Waals surface area contributed by atoms with Crippen molar-refractivity contribution in [3.8, 4) is 5.69 Å². The lowest BCUT2D eigenvalue weighted by atomic mass is 10.2. The number of nitrogens with zero attached hydrogens (tertiary/aromatic N) is 7. The highest BCUT2D eigenvalue weighted by Gasteiger charge is 2.32. The molecular weight excluding hydrogens is 305 g/mol. The van der Waals surface area contributed by atoms with Crippen molar-refractivity contribution >= 4 is 11.8 Å². The van der Waals surface area contributed by atoms with Crippen molar-refractivity contribution in [2.75, 3.05) is 18.0 Å². The van der Waals surface area contributed by atoms with Crippen LogP contribution < -0.4 is 4.90 Å². The highest BCUT2D eigenvalue weighted by molar-refractivity contribution is 5.89. The number of rotatable bonds is 4. The fraction of sp³-hybridized carbons (Fsp3) is 0.308. The molecule has 1 aliphatic rings. The predicted molar refractivity (Wildman–Crippen MR) is 77.7 cm³/mol. The molecule has 10 heteroatoms. The molecule has 0 spiro atoms. The van der Waals surface area contributed by atoms with Crippen LogP contribution in [0.5, 0.6) is 0 Å². The van der Waals surface area contributed by atoms with Gasteiger partial charge in [0.15, 0.2) is 5.82 Å². The van der Waals surface area contributed by atoms with Gasteiger partial charge in [0.25, 0.3) is 0 Å². The van der Waals surface area contributed by atoms with Crippen LogP contribution in [0, 0.1) is 12.7 Å². The van der Waals surface area contributed by atoms with Gasteiger partial charge in [0.2, 0.25) is 0 Å². The number of amides is 1. The summed E-state index contributed by atoms with van der Waals surface area (Å²) in [7, 11) is 0. The summed E-state index contributed by atoms with van der Waals surface area (Å²) in [6, 6.07) is 4.32. The van der Waals surface area contributed by atoms with Gasteiger partial charge in [0, 0.05) is 4.91 Å².